The summed E-state index contributed by atoms with van der Waals surface area (Å²) in [6.45, 7) is 1.84. The van der Waals surface area contributed by atoms with Gasteiger partial charge in [-0.3, -0.25) is 0 Å². The van der Waals surface area contributed by atoms with Crippen molar-refractivity contribution in [3.63, 3.8) is 0 Å². The van der Waals surface area contributed by atoms with E-state index in [-0.39, 0.29) is 4.90 Å². The second-order valence-corrected chi connectivity index (χ2v) is 12.0. The Morgan fingerprint density at radius 1 is 0.588 bits per heavy atom. The predicted octanol–water partition coefficient (Wildman–Crippen LogP) is 7.62. The topological polar surface area (TPSA) is 43.4 Å². The van der Waals surface area contributed by atoms with Crippen LogP contribution < -0.4 is 0 Å². The minimum atomic E-state index is -4.52. The molecule has 0 amide bonds. The molecule has 4 aromatic carbocycles. The number of benzene rings is 4. The second-order valence-electron chi connectivity index (χ2n) is 7.54. The lowest BCUT2D eigenvalue weighted by Gasteiger charge is -2.39. The van der Waals surface area contributed by atoms with Crippen molar-refractivity contribution in [2.24, 2.45) is 0 Å². The molecule has 4 aromatic rings. The number of alkyl halides is 3. The second kappa shape index (κ2) is 9.29. The molecule has 0 aliphatic heterocycles. The zero-order valence-electron chi connectivity index (χ0n) is 18.1. The van der Waals surface area contributed by atoms with Gasteiger partial charge in [0.1, 0.15) is 0 Å². The molecule has 0 N–H and O–H groups in total. The number of rotatable bonds is 6. The first-order valence-corrected chi connectivity index (χ1v) is 13.2. The van der Waals surface area contributed by atoms with Crippen LogP contribution in [0.25, 0.3) is 0 Å². The summed E-state index contributed by atoms with van der Waals surface area (Å²) >= 11 is 0. The summed E-state index contributed by atoms with van der Waals surface area (Å²) in [6, 6.07) is 28.2. The lowest BCUT2D eigenvalue weighted by atomic mass is 10.2. The van der Waals surface area contributed by atoms with Crippen LogP contribution >= 0.6 is 10.3 Å². The van der Waals surface area contributed by atoms with Crippen molar-refractivity contribution in [2.75, 3.05) is 0 Å². The highest BCUT2D eigenvalue weighted by Gasteiger charge is 2.39. The van der Waals surface area contributed by atoms with Crippen LogP contribution in [0.15, 0.2) is 129 Å². The molecule has 4 rings (SSSR count). The van der Waals surface area contributed by atoms with Gasteiger partial charge in [-0.15, -0.1) is 0 Å². The van der Waals surface area contributed by atoms with Crippen molar-refractivity contribution in [3.8, 4) is 0 Å². The molecule has 0 bridgehead atoms. The van der Waals surface area contributed by atoms with E-state index in [0.29, 0.717) is 14.7 Å². The summed E-state index contributed by atoms with van der Waals surface area (Å²) in [4.78, 5) is 1.37. The average molecular weight is 503 g/mol. The average Bonchev–Trinajstić information content (AvgIpc) is 2.83. The summed E-state index contributed by atoms with van der Waals surface area (Å²) in [5.41, 5.74) is 0.0542. The van der Waals surface area contributed by atoms with Gasteiger partial charge in [-0.1, -0.05) is 54.1 Å². The quantitative estimate of drug-likeness (QED) is 0.272. The van der Waals surface area contributed by atoms with Gasteiger partial charge in [0, 0.05) is 14.7 Å². The zero-order valence-corrected chi connectivity index (χ0v) is 19.7. The third-order valence-electron chi connectivity index (χ3n) is 5.17. The molecule has 0 aliphatic carbocycles. The Labute approximate surface area is 198 Å². The monoisotopic (exact) mass is 502 g/mol. The van der Waals surface area contributed by atoms with Crippen molar-refractivity contribution in [1.82, 2.24) is 0 Å². The molecule has 0 unspecified atom stereocenters. The molecule has 34 heavy (non-hydrogen) atoms. The summed E-state index contributed by atoms with van der Waals surface area (Å²) in [5.74, 6) is 0. The van der Waals surface area contributed by atoms with Crippen molar-refractivity contribution in [2.45, 2.75) is 32.7 Å². The fourth-order valence-electron chi connectivity index (χ4n) is 3.46. The summed E-state index contributed by atoms with van der Waals surface area (Å²) in [7, 11) is -7.27. The van der Waals surface area contributed by atoms with E-state index in [9.17, 15) is 21.6 Å². The normalized spacial score (nSPS) is 12.9. The lowest BCUT2D eigenvalue weighted by Crippen LogP contribution is -2.15. The molecule has 0 fully saturated rings. The SMILES string of the molecule is Cc1ccc(S(=O)(=O)OS(c2ccccc2)(c2ccccc2)c2ccc(C(F)(F)F)cc2)cc1. The van der Waals surface area contributed by atoms with Gasteiger partial charge in [0.2, 0.25) is 0 Å². The Hall–Kier alpha value is -3.07. The van der Waals surface area contributed by atoms with Gasteiger partial charge in [-0.2, -0.15) is 21.6 Å². The van der Waals surface area contributed by atoms with E-state index in [1.54, 1.807) is 72.8 Å². The van der Waals surface area contributed by atoms with Gasteiger partial charge in [0.25, 0.3) is 0 Å². The van der Waals surface area contributed by atoms with Gasteiger partial charge in [0.15, 0.2) is 0 Å². The first kappa shape index (κ1) is 24.1. The number of halogens is 3. The van der Waals surface area contributed by atoms with Gasteiger partial charge in [-0.05, 0) is 77.9 Å². The van der Waals surface area contributed by atoms with Crippen LogP contribution in [0.2, 0.25) is 0 Å². The molecular weight excluding hydrogens is 481 g/mol. The van der Waals surface area contributed by atoms with Crippen molar-refractivity contribution < 1.29 is 25.2 Å². The third kappa shape index (κ3) is 4.75. The lowest BCUT2D eigenvalue weighted by molar-refractivity contribution is -0.137. The van der Waals surface area contributed by atoms with Crippen LogP contribution in [0, 0.1) is 6.92 Å². The Kier molecular flexibility index (Phi) is 6.58. The molecule has 0 heterocycles. The molecule has 0 radical (unpaired) electrons. The van der Waals surface area contributed by atoms with Gasteiger partial charge in [-0.25, -0.2) is 3.63 Å². The number of aryl methyl sites for hydroxylation is 1. The van der Waals surface area contributed by atoms with E-state index in [0.717, 1.165) is 17.7 Å². The van der Waals surface area contributed by atoms with Crippen LogP contribution in [-0.4, -0.2) is 8.42 Å². The maximum absolute atomic E-state index is 13.5. The van der Waals surface area contributed by atoms with Gasteiger partial charge < -0.3 is 0 Å². The zero-order chi connectivity index (χ0) is 24.4. The first-order valence-electron chi connectivity index (χ1n) is 10.3. The predicted molar refractivity (Wildman–Crippen MR) is 126 cm³/mol. The highest BCUT2D eigenvalue weighted by atomic mass is 32.3. The van der Waals surface area contributed by atoms with Crippen molar-refractivity contribution in [1.29, 1.82) is 0 Å². The number of hydrogen-bond acceptors (Lipinski definition) is 3. The van der Waals surface area contributed by atoms with Crippen LogP contribution in [0.4, 0.5) is 13.2 Å². The van der Waals surface area contributed by atoms with Gasteiger partial charge >= 0.3 is 16.3 Å². The van der Waals surface area contributed by atoms with Crippen molar-refractivity contribution >= 4 is 20.4 Å². The van der Waals surface area contributed by atoms with Crippen molar-refractivity contribution in [3.05, 3.63) is 120 Å². The van der Waals surface area contributed by atoms with Crippen LogP contribution in [0.1, 0.15) is 11.1 Å². The summed E-state index contributed by atoms with van der Waals surface area (Å²) in [5, 5.41) is 0. The Bertz CT molecular complexity index is 1310. The Morgan fingerprint density at radius 3 is 1.44 bits per heavy atom. The standard InChI is InChI=1S/C26H21F3O3S2/c1-20-12-16-25(17-13-20)34(30,31)32-33(22-8-4-2-5-9-22,23-10-6-3-7-11-23)24-18-14-21(15-19-24)26(27,28)29/h2-19H,1H3. The minimum Gasteiger partial charge on any atom is -0.203 e. The van der Waals surface area contributed by atoms with E-state index >= 15 is 0 Å². The molecule has 0 aliphatic rings. The maximum Gasteiger partial charge on any atom is 0.416 e. The third-order valence-corrected chi connectivity index (χ3v) is 10.4. The highest BCUT2D eigenvalue weighted by Crippen LogP contribution is 2.70. The van der Waals surface area contributed by atoms with Crippen LogP contribution in [0.3, 0.4) is 0 Å². The Morgan fingerprint density at radius 2 is 1.00 bits per heavy atom. The molecular formula is C26H21F3O3S2. The van der Waals surface area contributed by atoms with Crippen LogP contribution in [-0.2, 0) is 19.9 Å². The van der Waals surface area contributed by atoms with Gasteiger partial charge in [0.05, 0.1) is 10.5 Å². The van der Waals surface area contributed by atoms with Crippen LogP contribution in [0.5, 0.6) is 0 Å². The molecule has 0 saturated carbocycles. The number of hydrogen-bond donors (Lipinski definition) is 0. The maximum atomic E-state index is 13.5. The first-order chi connectivity index (χ1) is 16.1. The van der Waals surface area contributed by atoms with E-state index in [1.165, 1.54) is 24.3 Å². The molecule has 8 heteroatoms. The molecule has 3 nitrogen and oxygen atoms in total. The molecule has 0 saturated heterocycles. The van der Waals surface area contributed by atoms with E-state index in [1.807, 2.05) is 6.92 Å². The smallest absolute Gasteiger partial charge is 0.203 e. The fraction of sp³-hybridized carbons (Fsp3) is 0.0769. The molecule has 0 atom stereocenters. The molecule has 0 spiro atoms. The molecule has 176 valence electrons. The largest absolute Gasteiger partial charge is 0.416 e. The summed E-state index contributed by atoms with van der Waals surface area (Å²) in [6.07, 6.45) is -4.52. The van der Waals surface area contributed by atoms with E-state index < -0.39 is 32.2 Å². The highest BCUT2D eigenvalue weighted by molar-refractivity contribution is 8.33. The minimum absolute atomic E-state index is 0.0336. The van der Waals surface area contributed by atoms with E-state index in [4.69, 9.17) is 3.63 Å². The molecule has 0 aromatic heterocycles. The summed E-state index contributed by atoms with van der Waals surface area (Å²) < 4.78 is 73.0. The fourth-order valence-corrected chi connectivity index (χ4v) is 8.68. The Balaban J connectivity index is 1.99. The van der Waals surface area contributed by atoms with E-state index in [2.05, 4.69) is 0 Å².